The van der Waals surface area contributed by atoms with Gasteiger partial charge in [0.2, 0.25) is 0 Å². The third-order valence-corrected chi connectivity index (χ3v) is 0.748. The fourth-order valence-corrected chi connectivity index (χ4v) is 0.352. The molecule has 0 saturated heterocycles. The van der Waals surface area contributed by atoms with Crippen LogP contribution in [-0.4, -0.2) is 13.7 Å². The van der Waals surface area contributed by atoms with Crippen molar-refractivity contribution in [2.75, 3.05) is 13.7 Å². The molecule has 0 saturated carbocycles. The zero-order chi connectivity index (χ0) is 6.83. The van der Waals surface area contributed by atoms with Crippen molar-refractivity contribution in [3.8, 4) is 0 Å². The SMILES string of the molecule is CCCCC[O-].C[O-].[K+].[K+]. The third-order valence-electron chi connectivity index (χ3n) is 0.748. The molecule has 10 heavy (non-hydrogen) atoms. The molecule has 0 N–H and O–H groups in total. The maximum atomic E-state index is 9.69. The predicted octanol–water partition coefficient (Wildman–Crippen LogP) is -6.48. The van der Waals surface area contributed by atoms with Gasteiger partial charge in [-0.3, -0.25) is 0 Å². The maximum Gasteiger partial charge on any atom is 1.00 e. The van der Waals surface area contributed by atoms with Crippen molar-refractivity contribution in [3.05, 3.63) is 0 Å². The zero-order valence-corrected chi connectivity index (χ0v) is 13.9. The van der Waals surface area contributed by atoms with E-state index in [4.69, 9.17) is 5.11 Å². The monoisotopic (exact) mass is 196 g/mol. The van der Waals surface area contributed by atoms with Crippen LogP contribution < -0.4 is 113 Å². The number of unbranched alkanes of at least 4 members (excludes halogenated alkanes) is 2. The number of hydrogen-bond donors (Lipinski definition) is 0. The maximum absolute atomic E-state index is 9.69. The Bertz CT molecular complexity index is 25.7. The molecule has 0 unspecified atom stereocenters. The first-order chi connectivity index (χ1) is 3.91. The predicted molar refractivity (Wildman–Crippen MR) is 30.3 cm³/mol. The Morgan fingerprint density at radius 1 is 1.00 bits per heavy atom. The average molecular weight is 196 g/mol. The molecule has 0 bridgehead atoms. The Morgan fingerprint density at radius 2 is 1.40 bits per heavy atom. The largest absolute Gasteiger partial charge is 1.00 e. The van der Waals surface area contributed by atoms with E-state index in [1.165, 1.54) is 0 Å². The summed E-state index contributed by atoms with van der Waals surface area (Å²) in [7, 11) is 0.750. The van der Waals surface area contributed by atoms with Crippen molar-refractivity contribution < 1.29 is 113 Å². The van der Waals surface area contributed by atoms with Crippen LogP contribution in [0.2, 0.25) is 0 Å². The van der Waals surface area contributed by atoms with Crippen LogP contribution >= 0.6 is 0 Å². The molecule has 0 aliphatic carbocycles. The van der Waals surface area contributed by atoms with Crippen LogP contribution in [-0.2, 0) is 0 Å². The van der Waals surface area contributed by atoms with E-state index in [-0.39, 0.29) is 109 Å². The summed E-state index contributed by atoms with van der Waals surface area (Å²) in [6.07, 6.45) is 3.11. The van der Waals surface area contributed by atoms with Crippen molar-refractivity contribution in [3.63, 3.8) is 0 Å². The van der Waals surface area contributed by atoms with Gasteiger partial charge in [0.1, 0.15) is 0 Å². The van der Waals surface area contributed by atoms with Gasteiger partial charge in [-0.05, 0) is 0 Å². The second-order valence-corrected chi connectivity index (χ2v) is 1.41. The van der Waals surface area contributed by atoms with Gasteiger partial charge in [0.05, 0.1) is 0 Å². The van der Waals surface area contributed by atoms with Crippen LogP contribution in [0.1, 0.15) is 26.2 Å². The first-order valence-corrected chi connectivity index (χ1v) is 2.90. The van der Waals surface area contributed by atoms with Gasteiger partial charge in [-0.25, -0.2) is 0 Å². The summed E-state index contributed by atoms with van der Waals surface area (Å²) < 4.78 is 0. The summed E-state index contributed by atoms with van der Waals surface area (Å²) in [4.78, 5) is 0. The molecule has 0 aromatic rings. The van der Waals surface area contributed by atoms with Crippen molar-refractivity contribution >= 4 is 0 Å². The molecule has 52 valence electrons. The van der Waals surface area contributed by atoms with Crippen LogP contribution in [0.15, 0.2) is 0 Å². The second-order valence-electron chi connectivity index (χ2n) is 1.41. The van der Waals surface area contributed by atoms with E-state index in [0.29, 0.717) is 0 Å². The summed E-state index contributed by atoms with van der Waals surface area (Å²) in [5.74, 6) is 0. The van der Waals surface area contributed by atoms with Gasteiger partial charge < -0.3 is 10.2 Å². The summed E-state index contributed by atoms with van der Waals surface area (Å²) in [5.41, 5.74) is 0. The molecule has 0 aromatic heterocycles. The summed E-state index contributed by atoms with van der Waals surface area (Å²) >= 11 is 0. The molecule has 0 radical (unpaired) electrons. The molecular formula is C6H14K2O2. The van der Waals surface area contributed by atoms with Gasteiger partial charge in [-0.1, -0.05) is 26.2 Å². The van der Waals surface area contributed by atoms with E-state index in [0.717, 1.165) is 26.4 Å². The molecule has 0 heterocycles. The van der Waals surface area contributed by atoms with Crippen molar-refractivity contribution in [2.45, 2.75) is 26.2 Å². The Hall–Kier alpha value is 3.19. The molecule has 0 aromatic carbocycles. The van der Waals surface area contributed by atoms with Crippen LogP contribution in [0, 0.1) is 0 Å². The van der Waals surface area contributed by atoms with Gasteiger partial charge in [0.15, 0.2) is 0 Å². The molecular weight excluding hydrogens is 182 g/mol. The van der Waals surface area contributed by atoms with Crippen molar-refractivity contribution in [1.29, 1.82) is 0 Å². The van der Waals surface area contributed by atoms with Crippen molar-refractivity contribution in [1.82, 2.24) is 0 Å². The normalized spacial score (nSPS) is 6.00. The van der Waals surface area contributed by atoms with E-state index in [9.17, 15) is 5.11 Å². The number of rotatable bonds is 3. The minimum Gasteiger partial charge on any atom is -0.857 e. The summed E-state index contributed by atoms with van der Waals surface area (Å²) in [6.45, 7) is 2.20. The van der Waals surface area contributed by atoms with Crippen LogP contribution in [0.25, 0.3) is 0 Å². The molecule has 0 fully saturated rings. The first-order valence-electron chi connectivity index (χ1n) is 2.90. The number of hydrogen-bond acceptors (Lipinski definition) is 2. The third kappa shape index (κ3) is 30.3. The van der Waals surface area contributed by atoms with Gasteiger partial charge in [0, 0.05) is 0 Å². The second kappa shape index (κ2) is 29.5. The van der Waals surface area contributed by atoms with Crippen LogP contribution in [0.4, 0.5) is 0 Å². The zero-order valence-electron chi connectivity index (χ0n) is 7.64. The summed E-state index contributed by atoms with van der Waals surface area (Å²) in [6, 6.07) is 0. The van der Waals surface area contributed by atoms with Crippen LogP contribution in [0.3, 0.4) is 0 Å². The Morgan fingerprint density at radius 3 is 1.50 bits per heavy atom. The van der Waals surface area contributed by atoms with E-state index in [1.807, 2.05) is 0 Å². The molecule has 0 aliphatic rings. The Labute approximate surface area is 149 Å². The molecule has 0 atom stereocenters. The Balaban J connectivity index is -0.0000000412. The smallest absolute Gasteiger partial charge is 0.857 e. The first kappa shape index (κ1) is 23.2. The topological polar surface area (TPSA) is 46.1 Å². The van der Waals surface area contributed by atoms with Gasteiger partial charge in [-0.15, -0.1) is 6.61 Å². The van der Waals surface area contributed by atoms with E-state index in [2.05, 4.69) is 6.92 Å². The summed E-state index contributed by atoms with van der Waals surface area (Å²) in [5, 5.41) is 17.9. The minimum atomic E-state index is 0. The van der Waals surface area contributed by atoms with Crippen molar-refractivity contribution in [2.24, 2.45) is 0 Å². The molecule has 0 aliphatic heterocycles. The van der Waals surface area contributed by atoms with Crippen LogP contribution in [0.5, 0.6) is 0 Å². The molecule has 2 nitrogen and oxygen atoms in total. The van der Waals surface area contributed by atoms with Gasteiger partial charge >= 0.3 is 103 Å². The Kier molecular flexibility index (Phi) is 68.5. The fraction of sp³-hybridized carbons (Fsp3) is 1.00. The van der Waals surface area contributed by atoms with E-state index < -0.39 is 0 Å². The molecule has 0 rings (SSSR count). The van der Waals surface area contributed by atoms with E-state index in [1.54, 1.807) is 0 Å². The van der Waals surface area contributed by atoms with E-state index >= 15 is 0 Å². The molecule has 4 heteroatoms. The standard InChI is InChI=1S/C5H11O.CH3O.2K/c1-2-3-4-5-6;1-2;;/h2-5H2,1H3;1H3;;/q2*-1;2*+1. The fourth-order valence-electron chi connectivity index (χ4n) is 0.352. The average Bonchev–Trinajstić information content (AvgIpc) is 1.88. The molecule has 0 spiro atoms. The molecule has 0 amide bonds. The minimum absolute atomic E-state index is 0. The quantitative estimate of drug-likeness (QED) is 0.333. The van der Waals surface area contributed by atoms with Gasteiger partial charge in [-0.2, -0.15) is 7.11 Å². The van der Waals surface area contributed by atoms with Gasteiger partial charge in [0.25, 0.3) is 0 Å².